The van der Waals surface area contributed by atoms with Gasteiger partial charge in [0.2, 0.25) is 5.91 Å². The second kappa shape index (κ2) is 5.28. The van der Waals surface area contributed by atoms with E-state index in [0.29, 0.717) is 0 Å². The first-order valence-electron chi connectivity index (χ1n) is 5.42. The largest absolute Gasteiger partial charge is 0.420 e. The normalized spacial score (nSPS) is 20.2. The average Bonchev–Trinajstić information content (AvgIpc) is 2.69. The van der Waals surface area contributed by atoms with Crippen molar-refractivity contribution in [1.29, 1.82) is 0 Å². The summed E-state index contributed by atoms with van der Waals surface area (Å²) in [5, 5.41) is 0. The molecular formula is C11H9BrClF3N2O. The first-order valence-corrected chi connectivity index (χ1v) is 6.74. The number of pyridine rings is 1. The van der Waals surface area contributed by atoms with Gasteiger partial charge in [-0.15, -0.1) is 11.6 Å². The summed E-state index contributed by atoms with van der Waals surface area (Å²) in [6.07, 6.45) is -3.17. The third-order valence-corrected chi connectivity index (χ3v) is 3.69. The van der Waals surface area contributed by atoms with E-state index in [9.17, 15) is 18.0 Å². The molecule has 0 spiro atoms. The van der Waals surface area contributed by atoms with Gasteiger partial charge in [0.05, 0.1) is 5.56 Å². The van der Waals surface area contributed by atoms with Crippen LogP contribution in [0.4, 0.5) is 19.0 Å². The minimum absolute atomic E-state index is 0.138. The number of hydrogen-bond donors (Lipinski definition) is 0. The van der Waals surface area contributed by atoms with Crippen molar-refractivity contribution in [3.63, 3.8) is 0 Å². The number of carbonyl (C=O) groups excluding carboxylic acids is 1. The van der Waals surface area contributed by atoms with E-state index in [1.165, 1.54) is 6.20 Å². The Morgan fingerprint density at radius 2 is 2.21 bits per heavy atom. The van der Waals surface area contributed by atoms with E-state index in [1.54, 1.807) is 0 Å². The van der Waals surface area contributed by atoms with Crippen molar-refractivity contribution in [1.82, 2.24) is 4.98 Å². The molecule has 0 N–H and O–H groups in total. The van der Waals surface area contributed by atoms with E-state index in [2.05, 4.69) is 20.9 Å². The highest BCUT2D eigenvalue weighted by Gasteiger charge is 2.40. The fourth-order valence-corrected chi connectivity index (χ4v) is 2.48. The highest BCUT2D eigenvalue weighted by atomic mass is 79.9. The van der Waals surface area contributed by atoms with E-state index in [-0.39, 0.29) is 41.0 Å². The molecule has 0 aromatic carbocycles. The van der Waals surface area contributed by atoms with Crippen LogP contribution in [-0.4, -0.2) is 23.3 Å². The lowest BCUT2D eigenvalue weighted by Gasteiger charge is -2.20. The molecule has 2 rings (SSSR count). The lowest BCUT2D eigenvalue weighted by molar-refractivity contribution is -0.137. The molecule has 1 amide bonds. The van der Waals surface area contributed by atoms with Gasteiger partial charge < -0.3 is 0 Å². The molecule has 1 unspecified atom stereocenters. The summed E-state index contributed by atoms with van der Waals surface area (Å²) in [5.41, 5.74) is -0.926. The molecule has 1 saturated heterocycles. The smallest absolute Gasteiger partial charge is 0.296 e. The van der Waals surface area contributed by atoms with Gasteiger partial charge >= 0.3 is 6.18 Å². The SMILES string of the molecule is O=C1CC(CCl)CN1c1ncc(Br)cc1C(F)(F)F. The summed E-state index contributed by atoms with van der Waals surface area (Å²) < 4.78 is 39.1. The highest BCUT2D eigenvalue weighted by Crippen LogP contribution is 2.38. The maximum atomic E-state index is 13.0. The minimum Gasteiger partial charge on any atom is -0.296 e. The van der Waals surface area contributed by atoms with E-state index < -0.39 is 11.7 Å². The predicted octanol–water partition coefficient (Wildman–Crippen LogP) is 3.45. The topological polar surface area (TPSA) is 33.2 Å². The standard InChI is InChI=1S/C11H9BrClF3N2O/c12-7-2-8(11(14,15)16)10(17-4-7)18-5-6(3-13)1-9(18)19/h2,4,6H,1,3,5H2. The second-order valence-corrected chi connectivity index (χ2v) is 5.48. The Hall–Kier alpha value is -0.820. The lowest BCUT2D eigenvalue weighted by atomic mass is 10.1. The number of anilines is 1. The molecule has 1 atom stereocenters. The Morgan fingerprint density at radius 3 is 2.74 bits per heavy atom. The van der Waals surface area contributed by atoms with Crippen molar-refractivity contribution in [3.8, 4) is 0 Å². The summed E-state index contributed by atoms with van der Waals surface area (Å²) in [6, 6.07) is 0.920. The summed E-state index contributed by atoms with van der Waals surface area (Å²) >= 11 is 8.60. The molecule has 19 heavy (non-hydrogen) atoms. The third-order valence-electron chi connectivity index (χ3n) is 2.82. The third kappa shape index (κ3) is 3.02. The Kier molecular flexibility index (Phi) is 4.06. The quantitative estimate of drug-likeness (QED) is 0.760. The minimum atomic E-state index is -4.56. The number of alkyl halides is 4. The number of halogens is 5. The molecule has 3 nitrogen and oxygen atoms in total. The molecule has 1 fully saturated rings. The van der Waals surface area contributed by atoms with Crippen LogP contribution in [0.25, 0.3) is 0 Å². The van der Waals surface area contributed by atoms with Crippen molar-refractivity contribution in [2.45, 2.75) is 12.6 Å². The summed E-state index contributed by atoms with van der Waals surface area (Å²) in [5.74, 6) is -0.639. The van der Waals surface area contributed by atoms with Gasteiger partial charge in [-0.3, -0.25) is 9.69 Å². The zero-order valence-corrected chi connectivity index (χ0v) is 11.9. The van der Waals surface area contributed by atoms with E-state index in [0.717, 1.165) is 11.0 Å². The number of rotatable bonds is 2. The van der Waals surface area contributed by atoms with Crippen LogP contribution < -0.4 is 4.90 Å². The van der Waals surface area contributed by atoms with Gasteiger partial charge in [-0.1, -0.05) is 0 Å². The molecule has 1 aromatic heterocycles. The van der Waals surface area contributed by atoms with Crippen LogP contribution in [0.1, 0.15) is 12.0 Å². The van der Waals surface area contributed by atoms with Crippen molar-refractivity contribution in [2.24, 2.45) is 5.92 Å². The molecule has 1 aliphatic rings. The number of hydrogen-bond acceptors (Lipinski definition) is 2. The van der Waals surface area contributed by atoms with Crippen molar-refractivity contribution in [2.75, 3.05) is 17.3 Å². The monoisotopic (exact) mass is 356 g/mol. The number of amides is 1. The van der Waals surface area contributed by atoms with Crippen LogP contribution in [-0.2, 0) is 11.0 Å². The van der Waals surface area contributed by atoms with Gasteiger partial charge in [-0.05, 0) is 27.9 Å². The maximum Gasteiger partial charge on any atom is 0.420 e. The van der Waals surface area contributed by atoms with Gasteiger partial charge in [-0.2, -0.15) is 13.2 Å². The van der Waals surface area contributed by atoms with Gasteiger partial charge in [-0.25, -0.2) is 4.98 Å². The zero-order valence-electron chi connectivity index (χ0n) is 9.55. The van der Waals surface area contributed by atoms with Gasteiger partial charge in [0.15, 0.2) is 0 Å². The summed E-state index contributed by atoms with van der Waals surface area (Å²) in [6.45, 7) is 0.167. The first kappa shape index (κ1) is 14.6. The second-order valence-electron chi connectivity index (χ2n) is 4.25. The van der Waals surface area contributed by atoms with Gasteiger partial charge in [0, 0.05) is 29.5 Å². The van der Waals surface area contributed by atoms with Crippen molar-refractivity contribution in [3.05, 3.63) is 22.3 Å². The van der Waals surface area contributed by atoms with Crippen LogP contribution in [0.5, 0.6) is 0 Å². The van der Waals surface area contributed by atoms with Crippen LogP contribution in [0.2, 0.25) is 0 Å². The molecule has 1 aromatic rings. The molecular weight excluding hydrogens is 348 g/mol. The summed E-state index contributed by atoms with van der Waals surface area (Å²) in [7, 11) is 0. The highest BCUT2D eigenvalue weighted by molar-refractivity contribution is 9.10. The maximum absolute atomic E-state index is 13.0. The first-order chi connectivity index (χ1) is 8.82. The molecule has 0 bridgehead atoms. The number of carbonyl (C=O) groups is 1. The zero-order chi connectivity index (χ0) is 14.2. The molecule has 0 saturated carbocycles. The number of nitrogens with zero attached hydrogens (tertiary/aromatic N) is 2. The van der Waals surface area contributed by atoms with E-state index in [1.807, 2.05) is 0 Å². The molecule has 1 aliphatic heterocycles. The Morgan fingerprint density at radius 1 is 1.53 bits per heavy atom. The predicted molar refractivity (Wildman–Crippen MR) is 68.1 cm³/mol. The Labute approximate surface area is 120 Å². The van der Waals surface area contributed by atoms with Gasteiger partial charge in [0.1, 0.15) is 5.82 Å². The molecule has 8 heteroatoms. The van der Waals surface area contributed by atoms with Crippen molar-refractivity contribution >= 4 is 39.3 Å². The molecule has 0 radical (unpaired) electrons. The van der Waals surface area contributed by atoms with E-state index in [4.69, 9.17) is 11.6 Å². The molecule has 2 heterocycles. The summed E-state index contributed by atoms with van der Waals surface area (Å²) in [4.78, 5) is 16.6. The Bertz CT molecular complexity index is 509. The van der Waals surface area contributed by atoms with Crippen LogP contribution in [0.15, 0.2) is 16.7 Å². The fourth-order valence-electron chi connectivity index (χ4n) is 1.95. The Balaban J connectivity index is 2.43. The van der Waals surface area contributed by atoms with E-state index >= 15 is 0 Å². The van der Waals surface area contributed by atoms with Gasteiger partial charge in [0.25, 0.3) is 0 Å². The molecule has 104 valence electrons. The van der Waals surface area contributed by atoms with Crippen molar-refractivity contribution < 1.29 is 18.0 Å². The fraction of sp³-hybridized carbons (Fsp3) is 0.455. The van der Waals surface area contributed by atoms with Crippen LogP contribution >= 0.6 is 27.5 Å². The average molecular weight is 358 g/mol. The lowest BCUT2D eigenvalue weighted by Crippen LogP contribution is -2.28. The van der Waals surface area contributed by atoms with Crippen LogP contribution in [0, 0.1) is 5.92 Å². The molecule has 0 aliphatic carbocycles. The number of aromatic nitrogens is 1. The van der Waals surface area contributed by atoms with Crippen LogP contribution in [0.3, 0.4) is 0 Å².